The monoisotopic (exact) mass is 350 g/mol. The maximum Gasteiger partial charge on any atom is 0.195 e. The van der Waals surface area contributed by atoms with Gasteiger partial charge in [0.2, 0.25) is 0 Å². The van der Waals surface area contributed by atoms with E-state index in [1.807, 2.05) is 31.2 Å². The van der Waals surface area contributed by atoms with E-state index in [0.717, 1.165) is 16.6 Å². The number of aromatic amines is 1. The molecule has 5 nitrogen and oxygen atoms in total. The first kappa shape index (κ1) is 16.3. The molecule has 0 unspecified atom stereocenters. The zero-order chi connectivity index (χ0) is 18.6. The van der Waals surface area contributed by atoms with Gasteiger partial charge < -0.3 is 15.6 Å². The lowest BCUT2D eigenvalue weighted by Crippen LogP contribution is -2.46. The first-order valence-corrected chi connectivity index (χ1v) is 8.37. The summed E-state index contributed by atoms with van der Waals surface area (Å²) in [5, 5.41) is 0. The summed E-state index contributed by atoms with van der Waals surface area (Å²) in [5.41, 5.74) is 8.34. The quantitative estimate of drug-likeness (QED) is 0.742. The van der Waals surface area contributed by atoms with Crippen LogP contribution in [0.5, 0.6) is 0 Å². The first-order chi connectivity index (χ1) is 12.3. The van der Waals surface area contributed by atoms with E-state index in [-0.39, 0.29) is 22.9 Å². The molecule has 0 saturated carbocycles. The van der Waals surface area contributed by atoms with Gasteiger partial charge in [0.15, 0.2) is 5.78 Å². The van der Waals surface area contributed by atoms with Crippen molar-refractivity contribution in [2.75, 3.05) is 4.90 Å². The van der Waals surface area contributed by atoms with Crippen molar-refractivity contribution >= 4 is 28.1 Å². The Kier molecular flexibility index (Phi) is 3.41. The van der Waals surface area contributed by atoms with Crippen molar-refractivity contribution in [3.8, 4) is 0 Å². The number of halogens is 1. The molecular formula is C20H19FN4O. The normalized spacial score (nSPS) is 16.8. The molecule has 0 atom stereocenters. The van der Waals surface area contributed by atoms with Crippen LogP contribution in [0.3, 0.4) is 0 Å². The molecule has 26 heavy (non-hydrogen) atoms. The number of anilines is 1. The van der Waals surface area contributed by atoms with Crippen LogP contribution in [0.2, 0.25) is 0 Å². The molecule has 0 amide bonds. The third-order valence-electron chi connectivity index (χ3n) is 4.81. The number of carbonyl (C=O) groups is 1. The minimum absolute atomic E-state index is 0.198. The summed E-state index contributed by atoms with van der Waals surface area (Å²) in [7, 11) is 0. The Bertz CT molecular complexity index is 1050. The lowest BCUT2D eigenvalue weighted by Gasteiger charge is -2.33. The molecule has 0 fully saturated rings. The number of fused-ring (bicyclic) bond motifs is 1. The fraction of sp³-hybridized carbons (Fsp3) is 0.200. The van der Waals surface area contributed by atoms with Crippen molar-refractivity contribution in [3.05, 3.63) is 65.5 Å². The number of carbonyl (C=O) groups excluding carboxylic acids is 1. The molecule has 2 heterocycles. The van der Waals surface area contributed by atoms with E-state index in [0.29, 0.717) is 5.82 Å². The topological polar surface area (TPSA) is 75.0 Å². The van der Waals surface area contributed by atoms with Gasteiger partial charge in [0, 0.05) is 0 Å². The second-order valence-electron chi connectivity index (χ2n) is 7.04. The number of nitrogens with zero attached hydrogens (tertiary/aromatic N) is 2. The van der Waals surface area contributed by atoms with Crippen LogP contribution in [0.4, 0.5) is 10.1 Å². The standard InChI is InChI=1S/C20H19FN4O/c1-11-8-9-12(21)15(10-11)25-18(22)16(17(26)20(25,2)3)19-23-13-6-4-5-7-14(13)24-19/h4-10H,22H2,1-3H3,(H,23,24). The van der Waals surface area contributed by atoms with E-state index in [1.54, 1.807) is 30.9 Å². The maximum atomic E-state index is 14.5. The van der Waals surface area contributed by atoms with E-state index >= 15 is 0 Å². The van der Waals surface area contributed by atoms with Crippen LogP contribution in [-0.4, -0.2) is 21.3 Å². The third kappa shape index (κ3) is 2.22. The predicted molar refractivity (Wildman–Crippen MR) is 99.9 cm³/mol. The number of imidazole rings is 1. The van der Waals surface area contributed by atoms with Gasteiger partial charge in [-0.15, -0.1) is 0 Å². The number of rotatable bonds is 2. The SMILES string of the molecule is Cc1ccc(F)c(N2C(N)=C(c3nc4ccccc4[nH]3)C(=O)C2(C)C)c1. The molecule has 0 spiro atoms. The number of Topliss-reactive ketones (excluding diaryl/α,β-unsaturated/α-hetero) is 1. The van der Waals surface area contributed by atoms with Gasteiger partial charge in [-0.05, 0) is 50.6 Å². The fourth-order valence-electron chi connectivity index (χ4n) is 3.46. The smallest absolute Gasteiger partial charge is 0.195 e. The van der Waals surface area contributed by atoms with Crippen molar-refractivity contribution in [1.29, 1.82) is 0 Å². The van der Waals surface area contributed by atoms with Crippen LogP contribution < -0.4 is 10.6 Å². The minimum Gasteiger partial charge on any atom is -0.384 e. The lowest BCUT2D eigenvalue weighted by atomic mass is 9.95. The Labute approximate surface area is 150 Å². The molecule has 4 rings (SSSR count). The largest absolute Gasteiger partial charge is 0.384 e. The minimum atomic E-state index is -1.02. The van der Waals surface area contributed by atoms with Crippen LogP contribution >= 0.6 is 0 Å². The van der Waals surface area contributed by atoms with Gasteiger partial charge in [-0.25, -0.2) is 9.37 Å². The highest BCUT2D eigenvalue weighted by Gasteiger charge is 2.48. The summed E-state index contributed by atoms with van der Waals surface area (Å²) in [6.45, 7) is 5.34. The van der Waals surface area contributed by atoms with Crippen molar-refractivity contribution in [2.24, 2.45) is 5.73 Å². The third-order valence-corrected chi connectivity index (χ3v) is 4.81. The molecule has 3 aromatic rings. The van der Waals surface area contributed by atoms with Crippen molar-refractivity contribution in [2.45, 2.75) is 26.3 Å². The zero-order valence-corrected chi connectivity index (χ0v) is 14.8. The van der Waals surface area contributed by atoms with Crippen molar-refractivity contribution < 1.29 is 9.18 Å². The Morgan fingerprint density at radius 3 is 2.65 bits per heavy atom. The molecular weight excluding hydrogens is 331 g/mol. The summed E-state index contributed by atoms with van der Waals surface area (Å²) in [4.78, 5) is 22.3. The van der Waals surface area contributed by atoms with Gasteiger partial charge in [-0.2, -0.15) is 0 Å². The molecule has 0 radical (unpaired) electrons. The molecule has 1 aromatic heterocycles. The van der Waals surface area contributed by atoms with E-state index in [2.05, 4.69) is 9.97 Å². The van der Waals surface area contributed by atoms with Crippen LogP contribution in [0.1, 0.15) is 25.2 Å². The number of aryl methyl sites for hydroxylation is 1. The van der Waals surface area contributed by atoms with Crippen molar-refractivity contribution in [3.63, 3.8) is 0 Å². The second kappa shape index (κ2) is 5.42. The number of para-hydroxylation sites is 2. The number of nitrogens with one attached hydrogen (secondary N) is 1. The molecule has 1 aliphatic heterocycles. The van der Waals surface area contributed by atoms with Gasteiger partial charge >= 0.3 is 0 Å². The molecule has 0 bridgehead atoms. The molecule has 1 aliphatic rings. The highest BCUT2D eigenvalue weighted by molar-refractivity contribution is 6.29. The Balaban J connectivity index is 1.93. The molecule has 132 valence electrons. The van der Waals surface area contributed by atoms with Gasteiger partial charge in [0.1, 0.15) is 28.6 Å². The number of benzene rings is 2. The summed E-state index contributed by atoms with van der Waals surface area (Å²) >= 11 is 0. The zero-order valence-electron chi connectivity index (χ0n) is 14.8. The number of ketones is 1. The summed E-state index contributed by atoms with van der Waals surface area (Å²) in [6, 6.07) is 12.3. The van der Waals surface area contributed by atoms with Crippen LogP contribution in [-0.2, 0) is 4.79 Å². The predicted octanol–water partition coefficient (Wildman–Crippen LogP) is 3.51. The molecule has 0 aliphatic carbocycles. The number of hydrogen-bond donors (Lipinski definition) is 2. The Morgan fingerprint density at radius 2 is 1.92 bits per heavy atom. The maximum absolute atomic E-state index is 14.5. The average molecular weight is 350 g/mol. The molecule has 0 saturated heterocycles. The van der Waals surface area contributed by atoms with Crippen LogP contribution in [0, 0.1) is 12.7 Å². The van der Waals surface area contributed by atoms with Gasteiger partial charge in [0.25, 0.3) is 0 Å². The number of aromatic nitrogens is 2. The first-order valence-electron chi connectivity index (χ1n) is 8.37. The van der Waals surface area contributed by atoms with E-state index in [9.17, 15) is 9.18 Å². The number of H-pyrrole nitrogens is 1. The summed E-state index contributed by atoms with van der Waals surface area (Å²) in [6.07, 6.45) is 0. The molecule has 3 N–H and O–H groups in total. The Hall–Kier alpha value is -3.15. The van der Waals surface area contributed by atoms with E-state index in [4.69, 9.17) is 5.73 Å². The molecule has 6 heteroatoms. The van der Waals surface area contributed by atoms with Gasteiger partial charge in [-0.3, -0.25) is 4.79 Å². The number of hydrogen-bond acceptors (Lipinski definition) is 4. The highest BCUT2D eigenvalue weighted by Crippen LogP contribution is 2.41. The summed E-state index contributed by atoms with van der Waals surface area (Å²) < 4.78 is 14.5. The average Bonchev–Trinajstić information content (AvgIpc) is 3.07. The molecule has 2 aromatic carbocycles. The number of nitrogens with two attached hydrogens (primary N) is 1. The van der Waals surface area contributed by atoms with Gasteiger partial charge in [-0.1, -0.05) is 18.2 Å². The van der Waals surface area contributed by atoms with E-state index < -0.39 is 11.4 Å². The Morgan fingerprint density at radius 1 is 1.19 bits per heavy atom. The van der Waals surface area contributed by atoms with E-state index in [1.165, 1.54) is 6.07 Å². The van der Waals surface area contributed by atoms with Gasteiger partial charge in [0.05, 0.1) is 16.7 Å². The highest BCUT2D eigenvalue weighted by atomic mass is 19.1. The van der Waals surface area contributed by atoms with Crippen LogP contribution in [0.25, 0.3) is 16.6 Å². The second-order valence-corrected chi connectivity index (χ2v) is 7.04. The van der Waals surface area contributed by atoms with Crippen LogP contribution in [0.15, 0.2) is 48.3 Å². The van der Waals surface area contributed by atoms with Crippen molar-refractivity contribution in [1.82, 2.24) is 9.97 Å². The summed E-state index contributed by atoms with van der Waals surface area (Å²) in [5.74, 6) is -0.0267. The fourth-order valence-corrected chi connectivity index (χ4v) is 3.46. The lowest BCUT2D eigenvalue weighted by molar-refractivity contribution is -0.116.